The molecule has 10 aliphatic rings. The minimum absolute atomic E-state index is 0.0910. The van der Waals surface area contributed by atoms with Gasteiger partial charge in [0, 0.05) is 23.7 Å². The number of hydrogen-bond donors (Lipinski definition) is 19. The van der Waals surface area contributed by atoms with Gasteiger partial charge in [0.2, 0.25) is 0 Å². The Kier molecular flexibility index (Phi) is 21.5. The van der Waals surface area contributed by atoms with Crippen molar-refractivity contribution < 1.29 is 149 Å². The topological polar surface area (TPSA) is 486 Å². The van der Waals surface area contributed by atoms with Crippen molar-refractivity contribution in [2.45, 2.75) is 263 Å². The lowest BCUT2D eigenvalue weighted by molar-refractivity contribution is -0.406. The number of aliphatic hydroxyl groups excluding tert-OH is 18. The lowest BCUT2D eigenvalue weighted by Crippen LogP contribution is -2.68. The first kappa shape index (κ1) is 68.7. The van der Waals surface area contributed by atoms with E-state index < -0.39 is 210 Å². The largest absolute Gasteiger partial charge is 0.394 e. The van der Waals surface area contributed by atoms with E-state index in [2.05, 4.69) is 13.8 Å². The summed E-state index contributed by atoms with van der Waals surface area (Å²) in [6, 6.07) is 0. The van der Waals surface area contributed by atoms with Crippen molar-refractivity contribution in [3.05, 3.63) is 0 Å². The molecular formula is C57H96O30. The highest BCUT2D eigenvalue weighted by Gasteiger charge is 2.71. The number of fused-ring (bicyclic) bond motifs is 7. The molecule has 0 aromatic heterocycles. The van der Waals surface area contributed by atoms with Gasteiger partial charge >= 0.3 is 0 Å². The van der Waals surface area contributed by atoms with Gasteiger partial charge in [-0.1, -0.05) is 27.7 Å². The fourth-order valence-corrected chi connectivity index (χ4v) is 17.1. The monoisotopic (exact) mass is 1260 g/mol. The highest BCUT2D eigenvalue weighted by atomic mass is 16.8. The molecular weight excluding hydrogens is 1160 g/mol. The number of hydrogen-bond acceptors (Lipinski definition) is 30. The first-order valence-corrected chi connectivity index (χ1v) is 31.0. The Hall–Kier alpha value is -1.20. The fourth-order valence-electron chi connectivity index (χ4n) is 17.1. The van der Waals surface area contributed by atoms with Crippen molar-refractivity contribution in [3.8, 4) is 0 Å². The molecule has 6 heterocycles. The molecule has 10 fully saturated rings. The molecule has 30 nitrogen and oxygen atoms in total. The molecule has 0 aromatic carbocycles. The van der Waals surface area contributed by atoms with Crippen LogP contribution in [0.1, 0.15) is 85.5 Å². The van der Waals surface area contributed by atoms with Crippen LogP contribution in [0.25, 0.3) is 0 Å². The molecule has 0 spiro atoms. The standard InChI is InChI=1S/C57H96O30/c1-20(19-77-50-43(72)39(68)35(64)28(14-58)79-50)7-10-57(76)21(2)34-27(87-57)12-26-24-6-5-22-11-23(8-9-55(22,3)25(24)13-33(63)56(26,34)4)78-51-46(75)42(71)47(32(18-62)83-51)84-54-49(86-53-45(74)41(70)37(66)30(16-60)81-53)48(38(67)31(17-61)82-54)85-52-44(73)40(69)36(65)29(15-59)80-52/h20-54,58-76H,5-19H2,1-4H3/t20-,21+,22+,23+,24-,25+,26+,27+,28-,29-,30-,31-,32-,33+,34+,35-,36-,37-,38-,39+,40+,41+,42-,43-,44-,45-,46-,47+,48+,49-,50-,51-,52+,53+,54+,55+,56-,57+/m1/s1. The van der Waals surface area contributed by atoms with Crippen molar-refractivity contribution in [2.24, 2.45) is 52.3 Å². The molecule has 0 bridgehead atoms. The number of aliphatic hydroxyl groups is 19. The van der Waals surface area contributed by atoms with Crippen LogP contribution in [0.3, 0.4) is 0 Å². The summed E-state index contributed by atoms with van der Waals surface area (Å²) in [5.74, 6) is -1.46. The summed E-state index contributed by atoms with van der Waals surface area (Å²) in [6.07, 6.45) is -39.9. The molecule has 6 saturated heterocycles. The predicted octanol–water partition coefficient (Wildman–Crippen LogP) is -7.16. The van der Waals surface area contributed by atoms with Crippen LogP contribution in [-0.2, 0) is 52.1 Å². The molecule has 0 radical (unpaired) electrons. The van der Waals surface area contributed by atoms with Crippen LogP contribution in [0.5, 0.6) is 0 Å². The van der Waals surface area contributed by atoms with E-state index in [1.54, 1.807) is 0 Å². The molecule has 4 aliphatic carbocycles. The Balaban J connectivity index is 0.775. The fraction of sp³-hybridized carbons (Fsp3) is 1.00. The second-order valence-electron chi connectivity index (χ2n) is 27.2. The maximum atomic E-state index is 12.4. The van der Waals surface area contributed by atoms with Gasteiger partial charge in [0.1, 0.15) is 122 Å². The van der Waals surface area contributed by atoms with Gasteiger partial charge in [-0.3, -0.25) is 0 Å². The number of rotatable bonds is 19. The van der Waals surface area contributed by atoms with Crippen LogP contribution in [0.15, 0.2) is 0 Å². The summed E-state index contributed by atoms with van der Waals surface area (Å²) in [5.41, 5.74) is -0.773. The Bertz CT molecular complexity index is 2220. The van der Waals surface area contributed by atoms with E-state index in [-0.39, 0.29) is 66.0 Å². The summed E-state index contributed by atoms with van der Waals surface area (Å²) in [7, 11) is 0. The van der Waals surface area contributed by atoms with Crippen LogP contribution in [0.4, 0.5) is 0 Å². The summed E-state index contributed by atoms with van der Waals surface area (Å²) in [5, 5.41) is 205. The molecule has 4 saturated carbocycles. The van der Waals surface area contributed by atoms with Gasteiger partial charge in [0.15, 0.2) is 37.2 Å². The molecule has 504 valence electrons. The average Bonchev–Trinajstić information content (AvgIpc) is 1.58. The van der Waals surface area contributed by atoms with Gasteiger partial charge in [0.05, 0.1) is 58.0 Å². The van der Waals surface area contributed by atoms with Crippen molar-refractivity contribution in [2.75, 3.05) is 39.6 Å². The summed E-state index contributed by atoms with van der Waals surface area (Å²) < 4.78 is 65.8. The highest BCUT2D eigenvalue weighted by molar-refractivity contribution is 5.18. The van der Waals surface area contributed by atoms with Crippen molar-refractivity contribution in [3.63, 3.8) is 0 Å². The van der Waals surface area contributed by atoms with Gasteiger partial charge in [-0.25, -0.2) is 0 Å². The number of ether oxygens (including phenoxy) is 11. The Morgan fingerprint density at radius 2 is 0.966 bits per heavy atom. The van der Waals surface area contributed by atoms with E-state index in [4.69, 9.17) is 52.1 Å². The van der Waals surface area contributed by atoms with Crippen molar-refractivity contribution in [1.29, 1.82) is 0 Å². The van der Waals surface area contributed by atoms with Crippen LogP contribution in [0.2, 0.25) is 0 Å². The maximum Gasteiger partial charge on any atom is 0.187 e. The summed E-state index contributed by atoms with van der Waals surface area (Å²) >= 11 is 0. The Morgan fingerprint density at radius 3 is 1.54 bits per heavy atom. The van der Waals surface area contributed by atoms with Crippen LogP contribution >= 0.6 is 0 Å². The van der Waals surface area contributed by atoms with Gasteiger partial charge in [0.25, 0.3) is 0 Å². The van der Waals surface area contributed by atoms with E-state index in [1.807, 2.05) is 13.8 Å². The van der Waals surface area contributed by atoms with E-state index in [9.17, 15) is 97.0 Å². The molecule has 30 heteroatoms. The molecule has 0 aromatic rings. The zero-order valence-corrected chi connectivity index (χ0v) is 49.3. The molecule has 19 N–H and O–H groups in total. The van der Waals surface area contributed by atoms with E-state index >= 15 is 0 Å². The third-order valence-corrected chi connectivity index (χ3v) is 22.3. The summed E-state index contributed by atoms with van der Waals surface area (Å²) in [4.78, 5) is 0. The van der Waals surface area contributed by atoms with E-state index in [1.165, 1.54) is 0 Å². The highest BCUT2D eigenvalue weighted by Crippen LogP contribution is 2.71. The lowest BCUT2D eigenvalue weighted by Gasteiger charge is -2.62. The molecule has 0 unspecified atom stereocenters. The average molecular weight is 1260 g/mol. The third-order valence-electron chi connectivity index (χ3n) is 22.3. The second kappa shape index (κ2) is 27.3. The lowest BCUT2D eigenvalue weighted by atomic mass is 9.43. The molecule has 0 amide bonds. The molecule has 87 heavy (non-hydrogen) atoms. The van der Waals surface area contributed by atoms with E-state index in [0.29, 0.717) is 38.5 Å². The Morgan fingerprint density at radius 1 is 0.483 bits per heavy atom. The predicted molar refractivity (Wildman–Crippen MR) is 286 cm³/mol. The first-order valence-electron chi connectivity index (χ1n) is 31.0. The normalized spacial score (nSPS) is 55.6. The maximum absolute atomic E-state index is 12.4. The smallest absolute Gasteiger partial charge is 0.187 e. The zero-order valence-electron chi connectivity index (χ0n) is 49.3. The minimum atomic E-state index is -2.08. The van der Waals surface area contributed by atoms with Gasteiger partial charge < -0.3 is 149 Å². The van der Waals surface area contributed by atoms with Gasteiger partial charge in [-0.2, -0.15) is 0 Å². The van der Waals surface area contributed by atoms with E-state index in [0.717, 1.165) is 12.8 Å². The minimum Gasteiger partial charge on any atom is -0.394 e. The molecule has 6 aliphatic heterocycles. The van der Waals surface area contributed by atoms with Crippen LogP contribution < -0.4 is 0 Å². The van der Waals surface area contributed by atoms with Gasteiger partial charge in [-0.05, 0) is 86.4 Å². The van der Waals surface area contributed by atoms with Crippen molar-refractivity contribution >= 4 is 0 Å². The molecule has 38 atom stereocenters. The van der Waals surface area contributed by atoms with Crippen LogP contribution in [-0.4, -0.2) is 314 Å². The van der Waals surface area contributed by atoms with Crippen LogP contribution in [0, 0.1) is 52.3 Å². The SMILES string of the molecule is C[C@H](CC[C@]1(O)O[C@H]2C[C@H]3[C@@H]4CC[C@H]5C[C@@H](O[C@@H]6O[C@H](CO)[C@H](O[C@@H]7O[C@H](CO)[C@@H](O)[C@H](O[C@@H]8O[C@H](CO)[C@@H](O)[C@H](O)[C@H]8O)[C@H]7O[C@@H]7O[C@H](CO)[C@@H](O)[C@H](O)[C@H]7O)[C@H](O)[C@H]6O)CC[C@]5(C)[C@H]4C[C@H](O)[C@]3(C)[C@H]2[C@@H]1C)CO[C@@H]1O[C@H](CO)[C@@H](O)[C@H](O)[C@H]1O. The quantitative estimate of drug-likeness (QED) is 0.0534. The molecule has 10 rings (SSSR count). The third kappa shape index (κ3) is 12.5. The van der Waals surface area contributed by atoms with Gasteiger partial charge in [-0.15, -0.1) is 0 Å². The first-order chi connectivity index (χ1) is 41.2. The Labute approximate surface area is 502 Å². The summed E-state index contributed by atoms with van der Waals surface area (Å²) in [6.45, 7) is 4.25. The van der Waals surface area contributed by atoms with Crippen molar-refractivity contribution in [1.82, 2.24) is 0 Å². The zero-order chi connectivity index (χ0) is 63.1. The second-order valence-corrected chi connectivity index (χ2v) is 27.2.